The highest BCUT2D eigenvalue weighted by atomic mass is 16.5. The molecule has 0 bridgehead atoms. The van der Waals surface area contributed by atoms with Crippen LogP contribution in [0.25, 0.3) is 0 Å². The number of amides is 1. The minimum Gasteiger partial charge on any atom is -0.483 e. The van der Waals surface area contributed by atoms with Crippen molar-refractivity contribution in [1.29, 1.82) is 0 Å². The Balaban J connectivity index is 1.74. The molecule has 2 N–H and O–H groups in total. The van der Waals surface area contributed by atoms with Gasteiger partial charge in [-0.05, 0) is 56.0 Å². The number of carboxylic acids is 1. The molecule has 0 spiro atoms. The van der Waals surface area contributed by atoms with Crippen LogP contribution in [0, 0.1) is 20.8 Å². The zero-order valence-electron chi connectivity index (χ0n) is 15.9. The first kappa shape index (κ1) is 20.3. The first-order valence-electron chi connectivity index (χ1n) is 8.76. The Hall–Kier alpha value is -3.02. The Kier molecular flexibility index (Phi) is 7.23. The summed E-state index contributed by atoms with van der Waals surface area (Å²) in [5, 5.41) is 11.4. The van der Waals surface area contributed by atoms with Crippen LogP contribution in [0.15, 0.2) is 36.4 Å². The summed E-state index contributed by atoms with van der Waals surface area (Å²) in [6, 6.07) is 11.2. The van der Waals surface area contributed by atoms with Crippen LogP contribution in [0.4, 0.5) is 0 Å². The number of aliphatic carboxylic acids is 1. The number of carboxylic acid groups (broad SMARTS) is 1. The van der Waals surface area contributed by atoms with Crippen molar-refractivity contribution < 1.29 is 24.2 Å². The van der Waals surface area contributed by atoms with E-state index < -0.39 is 5.97 Å². The van der Waals surface area contributed by atoms with Crippen molar-refractivity contribution in [1.82, 2.24) is 5.32 Å². The van der Waals surface area contributed by atoms with Crippen LogP contribution in [-0.2, 0) is 16.0 Å². The van der Waals surface area contributed by atoms with Crippen LogP contribution < -0.4 is 14.8 Å². The molecule has 0 saturated carbocycles. The third-order valence-corrected chi connectivity index (χ3v) is 3.97. The molecule has 0 radical (unpaired) electrons. The summed E-state index contributed by atoms with van der Waals surface area (Å²) < 4.78 is 10.8. The summed E-state index contributed by atoms with van der Waals surface area (Å²) in [5.74, 6) is 0.0749. The quantitative estimate of drug-likeness (QED) is 0.708. The lowest BCUT2D eigenvalue weighted by molar-refractivity contribution is -0.139. The molecule has 6 nitrogen and oxygen atoms in total. The highest BCUT2D eigenvalue weighted by Crippen LogP contribution is 2.24. The summed E-state index contributed by atoms with van der Waals surface area (Å²) in [6.07, 6.45) is 0.660. The van der Waals surface area contributed by atoms with Gasteiger partial charge in [0.05, 0.1) is 0 Å². The Morgan fingerprint density at radius 2 is 1.59 bits per heavy atom. The van der Waals surface area contributed by atoms with Gasteiger partial charge in [-0.2, -0.15) is 0 Å². The predicted octanol–water partition coefficient (Wildman–Crippen LogP) is 2.81. The molecule has 0 unspecified atom stereocenters. The van der Waals surface area contributed by atoms with E-state index >= 15 is 0 Å². The highest BCUT2D eigenvalue weighted by molar-refractivity contribution is 5.77. The largest absolute Gasteiger partial charge is 0.483 e. The van der Waals surface area contributed by atoms with Crippen LogP contribution in [-0.4, -0.2) is 36.7 Å². The summed E-state index contributed by atoms with van der Waals surface area (Å²) in [7, 11) is 0. The monoisotopic (exact) mass is 371 g/mol. The van der Waals surface area contributed by atoms with E-state index in [2.05, 4.69) is 5.32 Å². The van der Waals surface area contributed by atoms with E-state index in [1.165, 1.54) is 5.56 Å². The van der Waals surface area contributed by atoms with Gasteiger partial charge in [-0.3, -0.25) is 4.79 Å². The number of ether oxygens (including phenoxy) is 2. The number of rotatable bonds is 9. The topological polar surface area (TPSA) is 84.9 Å². The number of hydrogen-bond donors (Lipinski definition) is 2. The average molecular weight is 371 g/mol. The number of carbonyl (C=O) groups is 2. The van der Waals surface area contributed by atoms with Gasteiger partial charge in [0, 0.05) is 6.54 Å². The number of aryl methyl sites for hydroxylation is 3. The van der Waals surface area contributed by atoms with Crippen LogP contribution in [0.3, 0.4) is 0 Å². The summed E-state index contributed by atoms with van der Waals surface area (Å²) in [6.45, 7) is 6.07. The summed E-state index contributed by atoms with van der Waals surface area (Å²) in [5.41, 5.74) is 4.22. The van der Waals surface area contributed by atoms with Crippen molar-refractivity contribution in [3.8, 4) is 11.5 Å². The molecule has 1 amide bonds. The molecule has 0 aromatic heterocycles. The molecule has 2 aromatic rings. The minimum absolute atomic E-state index is 0.0211. The Morgan fingerprint density at radius 3 is 2.19 bits per heavy atom. The van der Waals surface area contributed by atoms with E-state index in [-0.39, 0.29) is 19.1 Å². The van der Waals surface area contributed by atoms with Crippen LogP contribution in [0.2, 0.25) is 0 Å². The van der Waals surface area contributed by atoms with Gasteiger partial charge in [0.15, 0.2) is 13.2 Å². The third-order valence-electron chi connectivity index (χ3n) is 3.97. The fourth-order valence-corrected chi connectivity index (χ4v) is 2.83. The van der Waals surface area contributed by atoms with E-state index in [1.54, 1.807) is 12.1 Å². The van der Waals surface area contributed by atoms with Crippen molar-refractivity contribution in [2.45, 2.75) is 27.2 Å². The van der Waals surface area contributed by atoms with Crippen LogP contribution >= 0.6 is 0 Å². The van der Waals surface area contributed by atoms with Gasteiger partial charge in [-0.1, -0.05) is 29.8 Å². The van der Waals surface area contributed by atoms with Crippen molar-refractivity contribution in [2.75, 3.05) is 19.8 Å². The molecule has 0 aliphatic heterocycles. The maximum atomic E-state index is 12.0. The molecule has 27 heavy (non-hydrogen) atoms. The SMILES string of the molecule is Cc1cc(C)c(OCC(=O)NCCc2ccc(OCC(=O)O)cc2)c(C)c1. The zero-order valence-corrected chi connectivity index (χ0v) is 15.9. The Bertz CT molecular complexity index is 776. The third kappa shape index (κ3) is 6.66. The molecular weight excluding hydrogens is 346 g/mol. The van der Waals surface area contributed by atoms with Crippen molar-refractivity contribution >= 4 is 11.9 Å². The molecule has 2 aromatic carbocycles. The lowest BCUT2D eigenvalue weighted by atomic mass is 10.1. The molecular formula is C21H25NO5. The smallest absolute Gasteiger partial charge is 0.341 e. The second-order valence-electron chi connectivity index (χ2n) is 6.44. The van der Waals surface area contributed by atoms with Crippen LogP contribution in [0.1, 0.15) is 22.3 Å². The van der Waals surface area contributed by atoms with E-state index in [0.29, 0.717) is 18.7 Å². The van der Waals surface area contributed by atoms with Gasteiger partial charge in [0.25, 0.3) is 5.91 Å². The second-order valence-corrected chi connectivity index (χ2v) is 6.44. The maximum absolute atomic E-state index is 12.0. The fourth-order valence-electron chi connectivity index (χ4n) is 2.83. The normalized spacial score (nSPS) is 10.3. The van der Waals surface area contributed by atoms with Gasteiger partial charge in [-0.25, -0.2) is 4.79 Å². The summed E-state index contributed by atoms with van der Waals surface area (Å²) in [4.78, 5) is 22.5. The molecule has 0 atom stereocenters. The Morgan fingerprint density at radius 1 is 0.963 bits per heavy atom. The number of benzene rings is 2. The van der Waals surface area contributed by atoms with Crippen molar-refractivity contribution in [3.63, 3.8) is 0 Å². The maximum Gasteiger partial charge on any atom is 0.341 e. The first-order chi connectivity index (χ1) is 12.8. The molecule has 0 saturated heterocycles. The number of hydrogen-bond acceptors (Lipinski definition) is 4. The molecule has 2 rings (SSSR count). The first-order valence-corrected chi connectivity index (χ1v) is 8.76. The number of carbonyl (C=O) groups excluding carboxylic acids is 1. The standard InChI is InChI=1S/C21H25NO5/c1-14-10-15(2)21(16(3)11-14)27-12-19(23)22-9-8-17-4-6-18(7-5-17)26-13-20(24)25/h4-7,10-11H,8-9,12-13H2,1-3H3,(H,22,23)(H,24,25). The predicted molar refractivity (Wildman–Crippen MR) is 102 cm³/mol. The average Bonchev–Trinajstić information content (AvgIpc) is 2.60. The number of nitrogens with one attached hydrogen (secondary N) is 1. The molecule has 0 aliphatic carbocycles. The molecule has 0 fully saturated rings. The zero-order chi connectivity index (χ0) is 19.8. The van der Waals surface area contributed by atoms with E-state index in [0.717, 1.165) is 22.4 Å². The minimum atomic E-state index is -1.01. The summed E-state index contributed by atoms with van der Waals surface area (Å²) >= 11 is 0. The molecule has 0 aliphatic rings. The molecule has 6 heteroatoms. The van der Waals surface area contributed by atoms with Crippen LogP contribution in [0.5, 0.6) is 11.5 Å². The van der Waals surface area contributed by atoms with E-state index in [1.807, 2.05) is 45.0 Å². The van der Waals surface area contributed by atoms with Gasteiger partial charge >= 0.3 is 5.97 Å². The molecule has 144 valence electrons. The lowest BCUT2D eigenvalue weighted by Crippen LogP contribution is -2.30. The van der Waals surface area contributed by atoms with E-state index in [4.69, 9.17) is 14.6 Å². The Labute approximate surface area is 159 Å². The lowest BCUT2D eigenvalue weighted by Gasteiger charge is -2.13. The van der Waals surface area contributed by atoms with Crippen molar-refractivity contribution in [3.05, 3.63) is 58.7 Å². The van der Waals surface area contributed by atoms with Gasteiger partial charge < -0.3 is 19.9 Å². The fraction of sp³-hybridized carbons (Fsp3) is 0.333. The highest BCUT2D eigenvalue weighted by Gasteiger charge is 2.08. The van der Waals surface area contributed by atoms with Gasteiger partial charge in [-0.15, -0.1) is 0 Å². The van der Waals surface area contributed by atoms with Gasteiger partial charge in [0.2, 0.25) is 0 Å². The second kappa shape index (κ2) is 9.62. The van der Waals surface area contributed by atoms with E-state index in [9.17, 15) is 9.59 Å². The van der Waals surface area contributed by atoms with Crippen molar-refractivity contribution in [2.24, 2.45) is 0 Å². The van der Waals surface area contributed by atoms with Gasteiger partial charge in [0.1, 0.15) is 11.5 Å². The molecule has 0 heterocycles.